The van der Waals surface area contributed by atoms with E-state index in [9.17, 15) is 4.79 Å². The van der Waals surface area contributed by atoms with Gasteiger partial charge in [0.1, 0.15) is 0 Å². The highest BCUT2D eigenvalue weighted by atomic mass is 16.5. The minimum absolute atomic E-state index is 0.0388. The molecule has 1 aliphatic rings. The second-order valence-corrected chi connectivity index (χ2v) is 3.34. The highest BCUT2D eigenvalue weighted by Crippen LogP contribution is 2.04. The van der Waals surface area contributed by atoms with Crippen LogP contribution in [0.2, 0.25) is 0 Å². The zero-order valence-electron chi connectivity index (χ0n) is 8.28. The van der Waals surface area contributed by atoms with Gasteiger partial charge in [-0.2, -0.15) is 0 Å². The maximum absolute atomic E-state index is 11.1. The van der Waals surface area contributed by atoms with Crippen LogP contribution in [0.25, 0.3) is 0 Å². The van der Waals surface area contributed by atoms with Crippen LogP contribution in [0.4, 0.5) is 0 Å². The fourth-order valence-corrected chi connectivity index (χ4v) is 1.45. The number of ether oxygens (including phenoxy) is 2. The number of hydrogen-bond donors (Lipinski definition) is 0. The van der Waals surface area contributed by atoms with E-state index in [1.54, 1.807) is 0 Å². The molecule has 0 aromatic heterocycles. The summed E-state index contributed by atoms with van der Waals surface area (Å²) in [4.78, 5) is 13.3. The molecule has 0 bridgehead atoms. The van der Waals surface area contributed by atoms with E-state index in [1.807, 2.05) is 6.92 Å². The molecule has 1 heterocycles. The minimum atomic E-state index is -0.133. The first-order chi connectivity index (χ1) is 6.24. The fourth-order valence-electron chi connectivity index (χ4n) is 1.45. The first-order valence-corrected chi connectivity index (χ1v) is 4.62. The van der Waals surface area contributed by atoms with Crippen LogP contribution in [0.15, 0.2) is 0 Å². The van der Waals surface area contributed by atoms with E-state index >= 15 is 0 Å². The van der Waals surface area contributed by atoms with Crippen LogP contribution in [0.5, 0.6) is 0 Å². The molecule has 0 amide bonds. The second-order valence-electron chi connectivity index (χ2n) is 3.34. The molecule has 0 aromatic rings. The van der Waals surface area contributed by atoms with Crippen molar-refractivity contribution in [1.29, 1.82) is 0 Å². The molecule has 0 unspecified atom stereocenters. The number of rotatable bonds is 3. The molecule has 0 aliphatic carbocycles. The second kappa shape index (κ2) is 5.19. The average molecular weight is 187 g/mol. The summed E-state index contributed by atoms with van der Waals surface area (Å²) in [5.41, 5.74) is 0. The lowest BCUT2D eigenvalue weighted by Gasteiger charge is -2.28. The van der Waals surface area contributed by atoms with Gasteiger partial charge in [-0.15, -0.1) is 0 Å². The van der Waals surface area contributed by atoms with Crippen LogP contribution in [-0.4, -0.2) is 50.8 Å². The van der Waals surface area contributed by atoms with Gasteiger partial charge in [-0.25, -0.2) is 0 Å². The lowest BCUT2D eigenvalue weighted by molar-refractivity contribution is -0.145. The summed E-state index contributed by atoms with van der Waals surface area (Å²) in [5, 5.41) is 0. The van der Waals surface area contributed by atoms with E-state index in [4.69, 9.17) is 4.74 Å². The van der Waals surface area contributed by atoms with Gasteiger partial charge < -0.3 is 9.47 Å². The highest BCUT2D eigenvalue weighted by molar-refractivity contribution is 5.72. The lowest BCUT2D eigenvalue weighted by atomic mass is 10.1. The summed E-state index contributed by atoms with van der Waals surface area (Å²) >= 11 is 0. The van der Waals surface area contributed by atoms with Crippen molar-refractivity contribution >= 4 is 5.97 Å². The van der Waals surface area contributed by atoms with Gasteiger partial charge in [0.25, 0.3) is 0 Å². The van der Waals surface area contributed by atoms with Crippen molar-refractivity contribution in [3.8, 4) is 0 Å². The van der Waals surface area contributed by atoms with Crippen LogP contribution < -0.4 is 0 Å². The Bertz CT molecular complexity index is 166. The van der Waals surface area contributed by atoms with Crippen LogP contribution in [0.1, 0.15) is 6.92 Å². The zero-order chi connectivity index (χ0) is 9.68. The van der Waals surface area contributed by atoms with Gasteiger partial charge in [-0.05, 0) is 0 Å². The van der Waals surface area contributed by atoms with Crippen molar-refractivity contribution in [3.05, 3.63) is 0 Å². The normalized spacial score (nSPS) is 21.1. The van der Waals surface area contributed by atoms with Crippen molar-refractivity contribution in [2.45, 2.75) is 6.92 Å². The molecule has 0 aromatic carbocycles. The van der Waals surface area contributed by atoms with Gasteiger partial charge in [0.2, 0.25) is 0 Å². The molecule has 4 heteroatoms. The monoisotopic (exact) mass is 187 g/mol. The molecule has 1 atom stereocenters. The Balaban J connectivity index is 2.25. The predicted molar refractivity (Wildman–Crippen MR) is 48.4 cm³/mol. The molecule has 13 heavy (non-hydrogen) atoms. The van der Waals surface area contributed by atoms with Crippen molar-refractivity contribution in [2.24, 2.45) is 5.92 Å². The number of esters is 1. The van der Waals surface area contributed by atoms with Gasteiger partial charge in [0.05, 0.1) is 26.2 Å². The van der Waals surface area contributed by atoms with E-state index in [1.165, 1.54) is 7.11 Å². The van der Waals surface area contributed by atoms with Gasteiger partial charge in [0, 0.05) is 19.6 Å². The molecular formula is C9H17NO3. The first kappa shape index (κ1) is 10.5. The molecule has 0 saturated carbocycles. The fraction of sp³-hybridized carbons (Fsp3) is 0.889. The molecule has 76 valence electrons. The van der Waals surface area contributed by atoms with Crippen LogP contribution in [-0.2, 0) is 14.3 Å². The Morgan fingerprint density at radius 1 is 1.54 bits per heavy atom. The summed E-state index contributed by atoms with van der Waals surface area (Å²) in [6, 6.07) is 0. The van der Waals surface area contributed by atoms with Gasteiger partial charge in [-0.1, -0.05) is 6.92 Å². The van der Waals surface area contributed by atoms with Gasteiger partial charge in [0.15, 0.2) is 0 Å². The summed E-state index contributed by atoms with van der Waals surface area (Å²) in [6.07, 6.45) is 0. The third-order valence-electron chi connectivity index (χ3n) is 2.24. The van der Waals surface area contributed by atoms with Crippen molar-refractivity contribution < 1.29 is 14.3 Å². The zero-order valence-corrected chi connectivity index (χ0v) is 8.28. The molecule has 0 N–H and O–H groups in total. The van der Waals surface area contributed by atoms with Crippen LogP contribution in [0, 0.1) is 5.92 Å². The number of nitrogens with zero attached hydrogens (tertiary/aromatic N) is 1. The Morgan fingerprint density at radius 3 is 2.69 bits per heavy atom. The largest absolute Gasteiger partial charge is 0.469 e. The van der Waals surface area contributed by atoms with Gasteiger partial charge >= 0.3 is 5.97 Å². The van der Waals surface area contributed by atoms with E-state index in [2.05, 4.69) is 9.64 Å². The molecule has 1 saturated heterocycles. The number of methoxy groups -OCH3 is 1. The summed E-state index contributed by atoms with van der Waals surface area (Å²) < 4.78 is 9.87. The van der Waals surface area contributed by atoms with Crippen molar-refractivity contribution in [3.63, 3.8) is 0 Å². The Morgan fingerprint density at radius 2 is 2.15 bits per heavy atom. The van der Waals surface area contributed by atoms with Crippen molar-refractivity contribution in [2.75, 3.05) is 40.0 Å². The minimum Gasteiger partial charge on any atom is -0.469 e. The molecule has 4 nitrogen and oxygen atoms in total. The summed E-state index contributed by atoms with van der Waals surface area (Å²) in [7, 11) is 1.43. The predicted octanol–water partition coefficient (Wildman–Crippen LogP) is 0.128. The smallest absolute Gasteiger partial charge is 0.309 e. The summed E-state index contributed by atoms with van der Waals surface area (Å²) in [6.45, 7) is 6.04. The average Bonchev–Trinajstić information content (AvgIpc) is 2.18. The Kier molecular flexibility index (Phi) is 4.18. The molecule has 0 spiro atoms. The van der Waals surface area contributed by atoms with Crippen LogP contribution in [0.3, 0.4) is 0 Å². The molecular weight excluding hydrogens is 170 g/mol. The topological polar surface area (TPSA) is 38.8 Å². The maximum atomic E-state index is 11.1. The summed E-state index contributed by atoms with van der Waals surface area (Å²) in [5.74, 6) is -0.172. The quantitative estimate of drug-likeness (QED) is 0.589. The third kappa shape index (κ3) is 3.32. The Hall–Kier alpha value is -0.610. The number of carbonyl (C=O) groups excluding carboxylic acids is 1. The third-order valence-corrected chi connectivity index (χ3v) is 2.24. The van der Waals surface area contributed by atoms with E-state index < -0.39 is 0 Å². The molecule has 1 aliphatic heterocycles. The number of carbonyl (C=O) groups is 1. The van der Waals surface area contributed by atoms with Crippen LogP contribution >= 0.6 is 0 Å². The molecule has 1 fully saturated rings. The van der Waals surface area contributed by atoms with E-state index in [0.717, 1.165) is 32.8 Å². The molecule has 1 rings (SSSR count). The number of morpholine rings is 1. The Labute approximate surface area is 78.8 Å². The standard InChI is InChI=1S/C9H17NO3/c1-8(9(11)12-2)7-10-3-5-13-6-4-10/h8H,3-7H2,1-2H3/t8-/m0/s1. The first-order valence-electron chi connectivity index (χ1n) is 4.62. The van der Waals surface area contributed by atoms with E-state index in [-0.39, 0.29) is 11.9 Å². The van der Waals surface area contributed by atoms with E-state index in [0.29, 0.717) is 0 Å². The molecule has 0 radical (unpaired) electrons. The lowest BCUT2D eigenvalue weighted by Crippen LogP contribution is -2.40. The van der Waals surface area contributed by atoms with Gasteiger partial charge in [-0.3, -0.25) is 9.69 Å². The number of hydrogen-bond acceptors (Lipinski definition) is 4. The highest BCUT2D eigenvalue weighted by Gasteiger charge is 2.18. The SMILES string of the molecule is COC(=O)[C@@H](C)CN1CCOCC1. The maximum Gasteiger partial charge on any atom is 0.309 e. The van der Waals surface area contributed by atoms with Crippen molar-refractivity contribution in [1.82, 2.24) is 4.90 Å².